The summed E-state index contributed by atoms with van der Waals surface area (Å²) in [7, 11) is 1.58. The minimum absolute atomic E-state index is 0.319. The molecule has 3 N–H and O–H groups in total. The lowest BCUT2D eigenvalue weighted by Crippen LogP contribution is -2.29. The molecule has 7 heteroatoms. The highest BCUT2D eigenvalue weighted by Crippen LogP contribution is 2.36. The number of nitrogens with one attached hydrogen (secondary N) is 2. The van der Waals surface area contributed by atoms with E-state index < -0.39 is 6.10 Å². The molecule has 0 aliphatic heterocycles. The van der Waals surface area contributed by atoms with Crippen molar-refractivity contribution in [3.8, 4) is 33.6 Å². The van der Waals surface area contributed by atoms with Crippen LogP contribution in [0, 0.1) is 0 Å². The molecule has 1 atom stereocenters. The average Bonchev–Trinajstić information content (AvgIpc) is 3.44. The lowest BCUT2D eigenvalue weighted by Gasteiger charge is -2.14. The number of aliphatic hydroxyl groups is 1. The van der Waals surface area contributed by atoms with E-state index in [9.17, 15) is 5.11 Å². The zero-order valence-corrected chi connectivity index (χ0v) is 19.5. The van der Waals surface area contributed by atoms with Gasteiger partial charge in [-0.1, -0.05) is 54.6 Å². The Kier molecular flexibility index (Phi) is 6.90. The van der Waals surface area contributed by atoms with Crippen LogP contribution in [0.2, 0.25) is 0 Å². The molecule has 3 heterocycles. The molecule has 0 saturated heterocycles. The Morgan fingerprint density at radius 1 is 0.971 bits per heavy atom. The third-order valence-electron chi connectivity index (χ3n) is 5.90. The average molecular weight is 466 g/mol. The number of fused-ring (bicyclic) bond motifs is 1. The third kappa shape index (κ3) is 5.12. The van der Waals surface area contributed by atoms with Gasteiger partial charge in [-0.15, -0.1) is 0 Å². The second kappa shape index (κ2) is 10.6. The van der Waals surface area contributed by atoms with Crippen molar-refractivity contribution < 1.29 is 9.84 Å². The summed E-state index contributed by atoms with van der Waals surface area (Å²) in [4.78, 5) is 9.71. The van der Waals surface area contributed by atoms with Crippen LogP contribution in [0.3, 0.4) is 0 Å². The van der Waals surface area contributed by atoms with Crippen molar-refractivity contribution in [1.82, 2.24) is 25.5 Å². The summed E-state index contributed by atoms with van der Waals surface area (Å²) >= 11 is 0. The summed E-state index contributed by atoms with van der Waals surface area (Å²) in [6.45, 7) is 1.46. The zero-order valence-electron chi connectivity index (χ0n) is 19.5. The normalized spacial score (nSPS) is 12.2. The zero-order chi connectivity index (χ0) is 24.0. The maximum atomic E-state index is 9.82. The van der Waals surface area contributed by atoms with E-state index in [4.69, 9.17) is 9.72 Å². The van der Waals surface area contributed by atoms with Gasteiger partial charge >= 0.3 is 0 Å². The number of aromatic amines is 1. The molecular weight excluding hydrogens is 438 g/mol. The Labute approximate surface area is 203 Å². The van der Waals surface area contributed by atoms with Gasteiger partial charge in [-0.05, 0) is 23.3 Å². The van der Waals surface area contributed by atoms with Crippen LogP contribution in [-0.2, 0) is 11.3 Å². The van der Waals surface area contributed by atoms with Crippen LogP contribution in [0.25, 0.3) is 44.5 Å². The Balaban J connectivity index is 1.52. The highest BCUT2D eigenvalue weighted by Gasteiger charge is 2.15. The van der Waals surface area contributed by atoms with E-state index in [1.54, 1.807) is 19.5 Å². The molecule has 0 aliphatic carbocycles. The first-order valence-electron chi connectivity index (χ1n) is 11.5. The highest BCUT2D eigenvalue weighted by atomic mass is 16.5. The number of H-pyrrole nitrogens is 1. The van der Waals surface area contributed by atoms with E-state index in [0.29, 0.717) is 19.7 Å². The summed E-state index contributed by atoms with van der Waals surface area (Å²) < 4.78 is 4.97. The number of ether oxygens (including phenoxy) is 1. The number of rotatable bonds is 9. The maximum absolute atomic E-state index is 9.82. The maximum Gasteiger partial charge on any atom is 0.0897 e. The lowest BCUT2D eigenvalue weighted by molar-refractivity contribution is 0.0644. The quantitative estimate of drug-likeness (QED) is 0.298. The van der Waals surface area contributed by atoms with E-state index in [0.717, 1.165) is 50.1 Å². The number of methoxy groups -OCH3 is 1. The van der Waals surface area contributed by atoms with Crippen LogP contribution in [0.4, 0.5) is 0 Å². The number of hydrogen-bond donors (Lipinski definition) is 3. The summed E-state index contributed by atoms with van der Waals surface area (Å²) in [6.07, 6.45) is 4.89. The summed E-state index contributed by atoms with van der Waals surface area (Å²) in [6, 6.07) is 22.8. The predicted octanol–water partition coefficient (Wildman–Crippen LogP) is 4.45. The van der Waals surface area contributed by atoms with Crippen LogP contribution in [-0.4, -0.2) is 51.6 Å². The molecule has 176 valence electrons. The van der Waals surface area contributed by atoms with E-state index in [1.165, 1.54) is 0 Å². The first-order chi connectivity index (χ1) is 17.2. The molecule has 35 heavy (non-hydrogen) atoms. The molecule has 0 aliphatic rings. The van der Waals surface area contributed by atoms with Gasteiger partial charge in [-0.3, -0.25) is 10.1 Å². The van der Waals surface area contributed by atoms with Crippen LogP contribution in [0.15, 0.2) is 85.3 Å². The lowest BCUT2D eigenvalue weighted by atomic mass is 9.96. The van der Waals surface area contributed by atoms with Gasteiger partial charge in [0.25, 0.3) is 0 Å². The monoisotopic (exact) mass is 465 g/mol. The van der Waals surface area contributed by atoms with Crippen molar-refractivity contribution in [1.29, 1.82) is 0 Å². The molecule has 0 amide bonds. The van der Waals surface area contributed by atoms with E-state index >= 15 is 0 Å². The fraction of sp³-hybridized carbons (Fsp3) is 0.179. The Morgan fingerprint density at radius 2 is 1.80 bits per heavy atom. The number of aliphatic hydroxyl groups excluding tert-OH is 1. The number of benzene rings is 2. The fourth-order valence-electron chi connectivity index (χ4n) is 4.18. The van der Waals surface area contributed by atoms with Crippen LogP contribution in [0.5, 0.6) is 0 Å². The molecule has 0 bridgehead atoms. The molecule has 0 fully saturated rings. The number of aromatic nitrogens is 4. The van der Waals surface area contributed by atoms with Crippen molar-refractivity contribution in [3.05, 3.63) is 90.9 Å². The first kappa shape index (κ1) is 22.9. The SMILES string of the molecule is COCC(O)CNCc1ccc(-c2nc3ccnc(-c4cn[nH]c4)c3cc2-c2ccccc2)cc1. The largest absolute Gasteiger partial charge is 0.389 e. The fourth-order valence-corrected chi connectivity index (χ4v) is 4.18. The summed E-state index contributed by atoms with van der Waals surface area (Å²) in [5.41, 5.74) is 7.89. The molecule has 5 aromatic rings. The van der Waals surface area contributed by atoms with Gasteiger partial charge in [0.15, 0.2) is 0 Å². The second-order valence-corrected chi connectivity index (χ2v) is 8.40. The Bertz CT molecular complexity index is 1390. The molecule has 7 nitrogen and oxygen atoms in total. The minimum atomic E-state index is -0.518. The van der Waals surface area contributed by atoms with Crippen molar-refractivity contribution in [3.63, 3.8) is 0 Å². The highest BCUT2D eigenvalue weighted by molar-refractivity contribution is 5.98. The molecule has 2 aromatic carbocycles. The second-order valence-electron chi connectivity index (χ2n) is 8.40. The van der Waals surface area contributed by atoms with Crippen molar-refractivity contribution >= 4 is 10.9 Å². The summed E-state index contributed by atoms with van der Waals surface area (Å²) in [5.74, 6) is 0. The molecule has 0 saturated carbocycles. The van der Waals surface area contributed by atoms with Gasteiger partial charge in [-0.25, -0.2) is 4.98 Å². The van der Waals surface area contributed by atoms with Gasteiger partial charge in [0.1, 0.15) is 0 Å². The number of nitrogens with zero attached hydrogens (tertiary/aromatic N) is 3. The van der Waals surface area contributed by atoms with E-state index in [-0.39, 0.29) is 0 Å². The van der Waals surface area contributed by atoms with Crippen molar-refractivity contribution in [2.24, 2.45) is 0 Å². The minimum Gasteiger partial charge on any atom is -0.389 e. The van der Waals surface area contributed by atoms with Gasteiger partial charge in [0.2, 0.25) is 0 Å². The molecule has 0 radical (unpaired) electrons. The molecule has 5 rings (SSSR count). The number of pyridine rings is 2. The Morgan fingerprint density at radius 3 is 2.54 bits per heavy atom. The van der Waals surface area contributed by atoms with Gasteiger partial charge in [0.05, 0.1) is 35.8 Å². The molecule has 1 unspecified atom stereocenters. The number of hydrogen-bond acceptors (Lipinski definition) is 6. The van der Waals surface area contributed by atoms with Crippen molar-refractivity contribution in [2.45, 2.75) is 12.6 Å². The smallest absolute Gasteiger partial charge is 0.0897 e. The van der Waals surface area contributed by atoms with E-state index in [1.807, 2.05) is 30.5 Å². The first-order valence-corrected chi connectivity index (χ1v) is 11.5. The summed E-state index contributed by atoms with van der Waals surface area (Å²) in [5, 5.41) is 21.0. The molecule has 0 spiro atoms. The van der Waals surface area contributed by atoms with Crippen LogP contribution >= 0.6 is 0 Å². The van der Waals surface area contributed by atoms with Gasteiger partial charge in [0, 0.05) is 54.7 Å². The standard InChI is InChI=1S/C28H27N5O2/c1-35-18-23(34)17-29-14-19-7-9-21(10-8-19)28-24(20-5-3-2-4-6-20)13-25-26(33-28)11-12-30-27(25)22-15-31-32-16-22/h2-13,15-16,23,29,34H,14,17-18H2,1H3,(H,31,32). The molecular formula is C28H27N5O2. The van der Waals surface area contributed by atoms with Crippen LogP contribution in [0.1, 0.15) is 5.56 Å². The van der Waals surface area contributed by atoms with Gasteiger partial charge < -0.3 is 15.2 Å². The topological polar surface area (TPSA) is 96.0 Å². The van der Waals surface area contributed by atoms with Gasteiger partial charge in [-0.2, -0.15) is 5.10 Å². The molecule has 3 aromatic heterocycles. The third-order valence-corrected chi connectivity index (χ3v) is 5.90. The van der Waals surface area contributed by atoms with Crippen molar-refractivity contribution in [2.75, 3.05) is 20.3 Å². The van der Waals surface area contributed by atoms with E-state index in [2.05, 4.69) is 63.0 Å². The van der Waals surface area contributed by atoms with Crippen LogP contribution < -0.4 is 5.32 Å². The predicted molar refractivity (Wildman–Crippen MR) is 138 cm³/mol. The Hall–Kier alpha value is -3.91.